The van der Waals surface area contributed by atoms with E-state index in [0.717, 1.165) is 44.9 Å². The Hall–Kier alpha value is -1.39. The summed E-state index contributed by atoms with van der Waals surface area (Å²) >= 11 is 0. The highest BCUT2D eigenvalue weighted by Crippen LogP contribution is 2.66. The smallest absolute Gasteiger partial charge is 0.302 e. The molecule has 8 atom stereocenters. The number of esters is 2. The lowest BCUT2D eigenvalue weighted by Gasteiger charge is -2.61. The zero-order valence-corrected chi connectivity index (χ0v) is 17.7. The first kappa shape index (κ1) is 19.9. The fourth-order valence-corrected chi connectivity index (χ4v) is 7.69. The fraction of sp³-hybridized carbons (Fsp3) is 0.870. The zero-order valence-electron chi connectivity index (χ0n) is 17.7. The lowest BCUT2D eigenvalue weighted by Crippen LogP contribution is -2.59. The Bertz CT molecular complexity index is 686. The summed E-state index contributed by atoms with van der Waals surface area (Å²) in [7, 11) is 0. The first-order valence-corrected chi connectivity index (χ1v) is 11.0. The van der Waals surface area contributed by atoms with Gasteiger partial charge >= 0.3 is 11.9 Å². The summed E-state index contributed by atoms with van der Waals surface area (Å²) in [6, 6.07) is 0. The van der Waals surface area contributed by atoms with Crippen LogP contribution in [-0.2, 0) is 23.9 Å². The molecule has 4 aliphatic rings. The number of hydrogen-bond acceptors (Lipinski definition) is 5. The number of carbonyl (C=O) groups is 3. The van der Waals surface area contributed by atoms with Gasteiger partial charge in [-0.1, -0.05) is 13.8 Å². The Morgan fingerprint density at radius 2 is 1.61 bits per heavy atom. The molecule has 28 heavy (non-hydrogen) atoms. The second-order valence-electron chi connectivity index (χ2n) is 10.3. The van der Waals surface area contributed by atoms with Gasteiger partial charge < -0.3 is 9.47 Å². The van der Waals surface area contributed by atoms with Gasteiger partial charge in [-0.15, -0.1) is 0 Å². The van der Waals surface area contributed by atoms with Crippen molar-refractivity contribution >= 4 is 17.7 Å². The highest BCUT2D eigenvalue weighted by atomic mass is 16.5. The molecule has 0 unspecified atom stereocenters. The largest absolute Gasteiger partial charge is 0.463 e. The van der Waals surface area contributed by atoms with E-state index < -0.39 is 0 Å². The molecule has 4 aliphatic carbocycles. The molecule has 0 aromatic heterocycles. The number of fused-ring (bicyclic) bond motifs is 5. The number of rotatable bonds is 2. The molecule has 0 aromatic rings. The predicted molar refractivity (Wildman–Crippen MR) is 103 cm³/mol. The molecule has 0 aliphatic heterocycles. The molecule has 0 heterocycles. The standard InChI is InChI=1S/C23H34O5/c1-13(24)27-15-7-9-22(3)18-8-10-23(4)17(5-6-21(23)26)16(18)12-20(19(22)11-15)28-14(2)25/h15-20H,5-12H2,1-4H3/t15-,16-,17-,18-,19+,20-,22+,23-/m0/s1. The second kappa shape index (κ2) is 6.84. The topological polar surface area (TPSA) is 69.7 Å². The van der Waals surface area contributed by atoms with Gasteiger partial charge in [0.2, 0.25) is 0 Å². The monoisotopic (exact) mass is 390 g/mol. The molecular weight excluding hydrogens is 356 g/mol. The van der Waals surface area contributed by atoms with Gasteiger partial charge in [-0.25, -0.2) is 0 Å². The fourth-order valence-electron chi connectivity index (χ4n) is 7.69. The van der Waals surface area contributed by atoms with Crippen molar-refractivity contribution in [2.75, 3.05) is 0 Å². The van der Waals surface area contributed by atoms with Crippen LogP contribution < -0.4 is 0 Å². The van der Waals surface area contributed by atoms with E-state index in [-0.39, 0.29) is 40.9 Å². The summed E-state index contributed by atoms with van der Waals surface area (Å²) in [6.45, 7) is 7.50. The van der Waals surface area contributed by atoms with Crippen LogP contribution in [0.4, 0.5) is 0 Å². The Kier molecular flexibility index (Phi) is 4.86. The molecule has 4 rings (SSSR count). The van der Waals surface area contributed by atoms with Crippen LogP contribution in [0.5, 0.6) is 0 Å². The van der Waals surface area contributed by atoms with Gasteiger partial charge in [0.15, 0.2) is 0 Å². The Morgan fingerprint density at radius 1 is 0.893 bits per heavy atom. The first-order chi connectivity index (χ1) is 13.1. The third kappa shape index (κ3) is 3.00. The zero-order chi connectivity index (χ0) is 20.3. The number of ether oxygens (including phenoxy) is 2. The molecule has 0 spiro atoms. The van der Waals surface area contributed by atoms with Crippen LogP contribution in [0.25, 0.3) is 0 Å². The molecule has 0 radical (unpaired) electrons. The molecule has 4 fully saturated rings. The summed E-state index contributed by atoms with van der Waals surface area (Å²) < 4.78 is 11.4. The lowest BCUT2D eigenvalue weighted by atomic mass is 9.44. The minimum atomic E-state index is -0.235. The van der Waals surface area contributed by atoms with Crippen LogP contribution in [0.1, 0.15) is 79.1 Å². The average Bonchev–Trinajstić information content (AvgIpc) is 2.90. The van der Waals surface area contributed by atoms with Crippen molar-refractivity contribution in [3.63, 3.8) is 0 Å². The van der Waals surface area contributed by atoms with E-state index in [1.165, 1.54) is 13.8 Å². The average molecular weight is 391 g/mol. The van der Waals surface area contributed by atoms with E-state index in [0.29, 0.717) is 30.0 Å². The minimum absolute atomic E-state index is 0.0760. The normalized spacial score (nSPS) is 47.5. The van der Waals surface area contributed by atoms with E-state index >= 15 is 0 Å². The Balaban J connectivity index is 1.65. The number of carbonyl (C=O) groups excluding carboxylic acids is 3. The Morgan fingerprint density at radius 3 is 2.29 bits per heavy atom. The SMILES string of the molecule is CC(=O)O[C@H]1CC[C@@]2(C)[C@H](C1)[C@@H](OC(C)=O)C[C@@H]1[C@@H]2CC[C@]2(C)C(=O)CC[C@@H]12. The van der Waals surface area contributed by atoms with Crippen LogP contribution in [0, 0.1) is 34.5 Å². The molecule has 0 amide bonds. The summed E-state index contributed by atoms with van der Waals surface area (Å²) in [5, 5.41) is 0. The van der Waals surface area contributed by atoms with Crippen molar-refractivity contribution in [3.8, 4) is 0 Å². The van der Waals surface area contributed by atoms with Crippen LogP contribution in [0.2, 0.25) is 0 Å². The number of hydrogen-bond donors (Lipinski definition) is 0. The highest BCUT2D eigenvalue weighted by molar-refractivity contribution is 5.87. The van der Waals surface area contributed by atoms with Gasteiger partial charge in [0.05, 0.1) is 0 Å². The van der Waals surface area contributed by atoms with Crippen LogP contribution in [-0.4, -0.2) is 29.9 Å². The summed E-state index contributed by atoms with van der Waals surface area (Å²) in [5.41, 5.74) is -0.104. The van der Waals surface area contributed by atoms with Gasteiger partial charge in [-0.2, -0.15) is 0 Å². The number of Topliss-reactive ketones (excluding diaryl/α,β-unsaturated/α-hetero) is 1. The third-order valence-electron chi connectivity index (χ3n) is 8.97. The minimum Gasteiger partial charge on any atom is -0.463 e. The maximum atomic E-state index is 12.6. The van der Waals surface area contributed by atoms with Crippen molar-refractivity contribution in [2.45, 2.75) is 91.3 Å². The second-order valence-corrected chi connectivity index (χ2v) is 10.3. The maximum absolute atomic E-state index is 12.6. The van der Waals surface area contributed by atoms with Crippen molar-refractivity contribution in [3.05, 3.63) is 0 Å². The molecule has 0 aromatic carbocycles. The van der Waals surface area contributed by atoms with E-state index in [1.807, 2.05) is 0 Å². The Labute approximate surface area is 167 Å². The van der Waals surface area contributed by atoms with Crippen molar-refractivity contribution < 1.29 is 23.9 Å². The molecular formula is C23H34O5. The summed E-state index contributed by atoms with van der Waals surface area (Å²) in [4.78, 5) is 36.0. The van der Waals surface area contributed by atoms with Crippen molar-refractivity contribution in [1.82, 2.24) is 0 Å². The lowest BCUT2D eigenvalue weighted by molar-refractivity contribution is -0.195. The molecule has 5 heteroatoms. The van der Waals surface area contributed by atoms with Gasteiger partial charge in [-0.05, 0) is 68.1 Å². The number of ketones is 1. The van der Waals surface area contributed by atoms with Crippen molar-refractivity contribution in [1.29, 1.82) is 0 Å². The van der Waals surface area contributed by atoms with Crippen LogP contribution in [0.15, 0.2) is 0 Å². The van der Waals surface area contributed by atoms with Gasteiger partial charge in [0, 0.05) is 31.6 Å². The van der Waals surface area contributed by atoms with E-state index in [4.69, 9.17) is 9.47 Å². The highest BCUT2D eigenvalue weighted by Gasteiger charge is 2.63. The van der Waals surface area contributed by atoms with E-state index in [2.05, 4.69) is 13.8 Å². The van der Waals surface area contributed by atoms with Crippen molar-refractivity contribution in [2.24, 2.45) is 34.5 Å². The van der Waals surface area contributed by atoms with Gasteiger partial charge in [-0.3, -0.25) is 14.4 Å². The maximum Gasteiger partial charge on any atom is 0.302 e. The van der Waals surface area contributed by atoms with E-state index in [1.54, 1.807) is 0 Å². The molecule has 4 saturated carbocycles. The van der Waals surface area contributed by atoms with E-state index in [9.17, 15) is 14.4 Å². The predicted octanol–water partition coefficient (Wildman–Crippen LogP) is 4.07. The molecule has 0 bridgehead atoms. The van der Waals surface area contributed by atoms with Gasteiger partial charge in [0.1, 0.15) is 18.0 Å². The quantitative estimate of drug-likeness (QED) is 0.665. The molecule has 0 N–H and O–H groups in total. The van der Waals surface area contributed by atoms with Crippen LogP contribution in [0.3, 0.4) is 0 Å². The molecule has 156 valence electrons. The van der Waals surface area contributed by atoms with Gasteiger partial charge in [0.25, 0.3) is 0 Å². The van der Waals surface area contributed by atoms with Crippen LogP contribution >= 0.6 is 0 Å². The summed E-state index contributed by atoms with van der Waals surface area (Å²) in [5.74, 6) is 1.61. The molecule has 5 nitrogen and oxygen atoms in total. The first-order valence-electron chi connectivity index (χ1n) is 11.0. The summed E-state index contributed by atoms with van der Waals surface area (Å²) in [6.07, 6.45) is 7.05. The third-order valence-corrected chi connectivity index (χ3v) is 8.97. The molecule has 0 saturated heterocycles.